The molecule has 1 aromatic carbocycles. The molecule has 3 rings (SSSR count). The zero-order valence-electron chi connectivity index (χ0n) is 13.4. The fourth-order valence-corrected chi connectivity index (χ4v) is 3.43. The molecule has 2 aliphatic heterocycles. The first kappa shape index (κ1) is 17.1. The van der Waals surface area contributed by atoms with Gasteiger partial charge in [-0.25, -0.2) is 0 Å². The molecule has 0 aliphatic carbocycles. The number of alkyl halides is 3. The van der Waals surface area contributed by atoms with Gasteiger partial charge in [0.15, 0.2) is 0 Å². The van der Waals surface area contributed by atoms with Crippen molar-refractivity contribution >= 4 is 5.69 Å². The summed E-state index contributed by atoms with van der Waals surface area (Å²) in [5, 5.41) is 8.88. The summed E-state index contributed by atoms with van der Waals surface area (Å²) in [4.78, 5) is 4.35. The fraction of sp³-hybridized carbons (Fsp3) is 0.588. The predicted octanol–water partition coefficient (Wildman–Crippen LogP) is 2.74. The number of rotatable bonds is 3. The van der Waals surface area contributed by atoms with Crippen LogP contribution in [0.15, 0.2) is 18.2 Å². The molecular formula is C17H20F3N3O. The molecule has 2 fully saturated rings. The second kappa shape index (κ2) is 6.99. The van der Waals surface area contributed by atoms with Crippen molar-refractivity contribution < 1.29 is 17.9 Å². The molecule has 0 amide bonds. The van der Waals surface area contributed by atoms with Crippen LogP contribution in [0, 0.1) is 17.2 Å². The number of anilines is 1. The molecule has 0 bridgehead atoms. The molecule has 0 aromatic heterocycles. The Kier molecular flexibility index (Phi) is 4.97. The summed E-state index contributed by atoms with van der Waals surface area (Å²) in [6.45, 7) is 5.81. The maximum absolute atomic E-state index is 13.1. The average molecular weight is 339 g/mol. The normalized spacial score (nSPS) is 22.6. The molecule has 2 heterocycles. The van der Waals surface area contributed by atoms with Gasteiger partial charge >= 0.3 is 6.18 Å². The van der Waals surface area contributed by atoms with Crippen LogP contribution in [-0.4, -0.2) is 50.8 Å². The van der Waals surface area contributed by atoms with Crippen molar-refractivity contribution in [2.75, 3.05) is 50.8 Å². The number of benzene rings is 1. The summed E-state index contributed by atoms with van der Waals surface area (Å²) in [6, 6.07) is 5.62. The van der Waals surface area contributed by atoms with Gasteiger partial charge in [0.1, 0.15) is 0 Å². The van der Waals surface area contributed by atoms with Crippen LogP contribution in [0.3, 0.4) is 0 Å². The number of hydrogen-bond donors (Lipinski definition) is 0. The Balaban J connectivity index is 1.68. The molecule has 7 heteroatoms. The average Bonchev–Trinajstić information content (AvgIpc) is 3.03. The lowest BCUT2D eigenvalue weighted by molar-refractivity contribution is -0.137. The monoisotopic (exact) mass is 339 g/mol. The highest BCUT2D eigenvalue weighted by atomic mass is 19.4. The first-order valence-electron chi connectivity index (χ1n) is 8.14. The van der Waals surface area contributed by atoms with Crippen molar-refractivity contribution in [3.05, 3.63) is 29.3 Å². The minimum absolute atomic E-state index is 0.324. The summed E-state index contributed by atoms with van der Waals surface area (Å²) in [7, 11) is 0. The van der Waals surface area contributed by atoms with Gasteiger partial charge in [-0.1, -0.05) is 0 Å². The van der Waals surface area contributed by atoms with Crippen molar-refractivity contribution in [3.63, 3.8) is 0 Å². The predicted molar refractivity (Wildman–Crippen MR) is 83.7 cm³/mol. The van der Waals surface area contributed by atoms with E-state index in [0.29, 0.717) is 11.6 Å². The molecular weight excluding hydrogens is 319 g/mol. The summed E-state index contributed by atoms with van der Waals surface area (Å²) in [6.07, 6.45) is -3.54. The van der Waals surface area contributed by atoms with Gasteiger partial charge in [0.25, 0.3) is 0 Å². The van der Waals surface area contributed by atoms with Crippen molar-refractivity contribution in [1.29, 1.82) is 5.26 Å². The molecule has 2 aliphatic rings. The van der Waals surface area contributed by atoms with Crippen LogP contribution in [0.25, 0.3) is 0 Å². The van der Waals surface area contributed by atoms with E-state index in [9.17, 15) is 13.2 Å². The molecule has 1 aromatic rings. The van der Waals surface area contributed by atoms with Crippen LogP contribution in [0.4, 0.5) is 18.9 Å². The van der Waals surface area contributed by atoms with Crippen LogP contribution in [0.1, 0.15) is 17.5 Å². The Morgan fingerprint density at radius 2 is 1.96 bits per heavy atom. The number of nitrogens with zero attached hydrogens (tertiary/aromatic N) is 3. The first-order chi connectivity index (χ1) is 11.5. The Morgan fingerprint density at radius 1 is 1.21 bits per heavy atom. The molecule has 4 nitrogen and oxygen atoms in total. The quantitative estimate of drug-likeness (QED) is 0.849. The first-order valence-corrected chi connectivity index (χ1v) is 8.14. The zero-order chi connectivity index (χ0) is 17.2. The molecule has 0 radical (unpaired) electrons. The minimum Gasteiger partial charge on any atom is -0.379 e. The molecule has 2 saturated heterocycles. The summed E-state index contributed by atoms with van der Waals surface area (Å²) in [5.41, 5.74) is -0.625. The zero-order valence-corrected chi connectivity index (χ0v) is 13.4. The minimum atomic E-state index is -4.51. The molecule has 1 atom stereocenters. The SMILES string of the molecule is N#Cc1ccc(N2CCC(CN3CCOCC3)C2)cc1C(F)(F)F. The van der Waals surface area contributed by atoms with E-state index < -0.39 is 11.7 Å². The summed E-state index contributed by atoms with van der Waals surface area (Å²) < 4.78 is 44.6. The number of nitriles is 1. The highest BCUT2D eigenvalue weighted by Gasteiger charge is 2.35. The number of ether oxygens (including phenoxy) is 1. The number of halogens is 3. The van der Waals surface area contributed by atoms with E-state index in [1.807, 2.05) is 4.90 Å². The van der Waals surface area contributed by atoms with Gasteiger partial charge in [0.05, 0.1) is 30.4 Å². The van der Waals surface area contributed by atoms with Crippen LogP contribution in [-0.2, 0) is 10.9 Å². The molecule has 0 spiro atoms. The third-order valence-electron chi connectivity index (χ3n) is 4.70. The standard InChI is InChI=1S/C17H20F3N3O/c18-17(19,20)16-9-15(2-1-14(16)10-21)23-4-3-13(12-23)11-22-5-7-24-8-6-22/h1-2,9,13H,3-8,11-12H2. The Morgan fingerprint density at radius 3 is 2.62 bits per heavy atom. The Bertz CT molecular complexity index is 620. The van der Waals surface area contributed by atoms with Crippen LogP contribution in [0.2, 0.25) is 0 Å². The topological polar surface area (TPSA) is 39.5 Å². The van der Waals surface area contributed by atoms with Gasteiger partial charge in [0.2, 0.25) is 0 Å². The van der Waals surface area contributed by atoms with Crippen molar-refractivity contribution in [2.45, 2.75) is 12.6 Å². The molecule has 130 valence electrons. The maximum Gasteiger partial charge on any atom is 0.417 e. The van der Waals surface area contributed by atoms with E-state index in [2.05, 4.69) is 4.90 Å². The third kappa shape index (κ3) is 3.82. The largest absolute Gasteiger partial charge is 0.417 e. The molecule has 0 saturated carbocycles. The van der Waals surface area contributed by atoms with Crippen molar-refractivity contribution in [3.8, 4) is 6.07 Å². The van der Waals surface area contributed by atoms with E-state index in [1.54, 1.807) is 12.1 Å². The highest BCUT2D eigenvalue weighted by Crippen LogP contribution is 2.35. The number of morpholine rings is 1. The van der Waals surface area contributed by atoms with E-state index in [0.717, 1.165) is 58.4 Å². The van der Waals surface area contributed by atoms with E-state index >= 15 is 0 Å². The fourth-order valence-electron chi connectivity index (χ4n) is 3.43. The van der Waals surface area contributed by atoms with Crippen molar-refractivity contribution in [1.82, 2.24) is 4.90 Å². The Labute approximate surface area is 139 Å². The second-order valence-electron chi connectivity index (χ2n) is 6.35. The lowest BCUT2D eigenvalue weighted by Gasteiger charge is -2.29. The van der Waals surface area contributed by atoms with Gasteiger partial charge in [-0.05, 0) is 30.5 Å². The third-order valence-corrected chi connectivity index (χ3v) is 4.70. The maximum atomic E-state index is 13.1. The van der Waals surface area contributed by atoms with Gasteiger partial charge in [-0.2, -0.15) is 18.4 Å². The van der Waals surface area contributed by atoms with Crippen LogP contribution >= 0.6 is 0 Å². The van der Waals surface area contributed by atoms with Crippen LogP contribution < -0.4 is 4.90 Å². The highest BCUT2D eigenvalue weighted by molar-refractivity contribution is 5.55. The molecule has 1 unspecified atom stereocenters. The van der Waals surface area contributed by atoms with Gasteiger partial charge in [-0.3, -0.25) is 4.90 Å². The van der Waals surface area contributed by atoms with Crippen LogP contribution in [0.5, 0.6) is 0 Å². The lowest BCUT2D eigenvalue weighted by atomic mass is 10.1. The second-order valence-corrected chi connectivity index (χ2v) is 6.35. The van der Waals surface area contributed by atoms with Gasteiger partial charge < -0.3 is 9.64 Å². The summed E-state index contributed by atoms with van der Waals surface area (Å²) in [5.74, 6) is 0.452. The lowest BCUT2D eigenvalue weighted by Crippen LogP contribution is -2.39. The molecule has 24 heavy (non-hydrogen) atoms. The van der Waals surface area contributed by atoms with Crippen molar-refractivity contribution in [2.24, 2.45) is 5.92 Å². The van der Waals surface area contributed by atoms with Gasteiger partial charge in [-0.15, -0.1) is 0 Å². The smallest absolute Gasteiger partial charge is 0.379 e. The van der Waals surface area contributed by atoms with E-state index in [1.165, 1.54) is 6.07 Å². The van der Waals surface area contributed by atoms with Gasteiger partial charge in [0, 0.05) is 38.4 Å². The molecule has 0 N–H and O–H groups in total. The van der Waals surface area contributed by atoms with E-state index in [-0.39, 0.29) is 5.56 Å². The van der Waals surface area contributed by atoms with E-state index in [4.69, 9.17) is 10.00 Å². The summed E-state index contributed by atoms with van der Waals surface area (Å²) >= 11 is 0. The Hall–Kier alpha value is -1.78. The number of hydrogen-bond acceptors (Lipinski definition) is 4.